The smallest absolute Gasteiger partial charge is 0.359 e. The second-order valence-electron chi connectivity index (χ2n) is 3.85. The lowest BCUT2D eigenvalue weighted by Crippen LogP contribution is -2.46. The molecular weight excluding hydrogens is 264 g/mol. The number of nitrogens with zero attached hydrogens (tertiary/aromatic N) is 2. The second kappa shape index (κ2) is 7.82. The third-order valence-electron chi connectivity index (χ3n) is 2.23. The monoisotopic (exact) mass is 280 g/mol. The number of aromatic nitrogens is 2. The van der Waals surface area contributed by atoms with Crippen LogP contribution in [-0.2, 0) is 14.3 Å². The Morgan fingerprint density at radius 3 is 2.70 bits per heavy atom. The van der Waals surface area contributed by atoms with E-state index in [0.29, 0.717) is 6.54 Å². The molecule has 8 heteroatoms. The van der Waals surface area contributed by atoms with Gasteiger partial charge in [0.05, 0.1) is 6.20 Å². The first kappa shape index (κ1) is 15.5. The van der Waals surface area contributed by atoms with Crippen LogP contribution in [0.15, 0.2) is 18.6 Å². The molecule has 0 saturated carbocycles. The number of ether oxygens (including phenoxy) is 1. The lowest BCUT2D eigenvalue weighted by atomic mass is 10.3. The highest BCUT2D eigenvalue weighted by Crippen LogP contribution is 1.94. The highest BCUT2D eigenvalue weighted by molar-refractivity contribution is 5.91. The third kappa shape index (κ3) is 5.01. The van der Waals surface area contributed by atoms with Gasteiger partial charge in [-0.05, 0) is 13.8 Å². The number of hydrogen-bond donors (Lipinski definition) is 2. The highest BCUT2D eigenvalue weighted by atomic mass is 16.5. The summed E-state index contributed by atoms with van der Waals surface area (Å²) in [5.41, 5.74) is 0.0112. The van der Waals surface area contributed by atoms with Crippen molar-refractivity contribution in [2.45, 2.75) is 19.9 Å². The number of esters is 1. The van der Waals surface area contributed by atoms with Gasteiger partial charge in [0.15, 0.2) is 12.3 Å². The molecule has 1 aromatic heterocycles. The van der Waals surface area contributed by atoms with Gasteiger partial charge in [-0.25, -0.2) is 9.78 Å². The molecule has 2 N–H and O–H groups in total. The molecular formula is C12H16N4O4. The molecule has 8 nitrogen and oxygen atoms in total. The van der Waals surface area contributed by atoms with Crippen LogP contribution in [-0.4, -0.2) is 46.9 Å². The predicted molar refractivity (Wildman–Crippen MR) is 68.6 cm³/mol. The van der Waals surface area contributed by atoms with Crippen LogP contribution in [0.2, 0.25) is 0 Å². The first-order chi connectivity index (χ1) is 9.54. The molecule has 108 valence electrons. The Balaban J connectivity index is 2.37. The average Bonchev–Trinajstić information content (AvgIpc) is 2.45. The van der Waals surface area contributed by atoms with Crippen molar-refractivity contribution in [1.29, 1.82) is 0 Å². The summed E-state index contributed by atoms with van der Waals surface area (Å²) in [7, 11) is 0. The zero-order valence-electron chi connectivity index (χ0n) is 11.3. The number of rotatable bonds is 6. The Labute approximate surface area is 115 Å². The lowest BCUT2D eigenvalue weighted by molar-refractivity contribution is -0.130. The molecule has 1 rings (SSSR count). The Hall–Kier alpha value is -2.51. The van der Waals surface area contributed by atoms with Gasteiger partial charge in [0.2, 0.25) is 5.91 Å². The van der Waals surface area contributed by atoms with Crippen molar-refractivity contribution >= 4 is 17.8 Å². The van der Waals surface area contributed by atoms with Gasteiger partial charge >= 0.3 is 5.97 Å². The van der Waals surface area contributed by atoms with E-state index in [0.717, 1.165) is 0 Å². The Bertz CT molecular complexity index is 478. The van der Waals surface area contributed by atoms with Crippen molar-refractivity contribution in [2.24, 2.45) is 0 Å². The number of likely N-dealkylation sites (N-methyl/N-ethyl adjacent to an activating group) is 1. The Morgan fingerprint density at radius 2 is 2.10 bits per heavy atom. The molecule has 0 radical (unpaired) electrons. The summed E-state index contributed by atoms with van der Waals surface area (Å²) >= 11 is 0. The van der Waals surface area contributed by atoms with Gasteiger partial charge in [-0.2, -0.15) is 0 Å². The maximum atomic E-state index is 11.5. The van der Waals surface area contributed by atoms with E-state index in [1.165, 1.54) is 25.5 Å². The van der Waals surface area contributed by atoms with Crippen LogP contribution in [0.5, 0.6) is 0 Å². The van der Waals surface area contributed by atoms with Crippen molar-refractivity contribution in [3.05, 3.63) is 24.3 Å². The minimum atomic E-state index is -0.751. The lowest BCUT2D eigenvalue weighted by Gasteiger charge is -2.13. The van der Waals surface area contributed by atoms with Gasteiger partial charge < -0.3 is 15.4 Å². The first-order valence-corrected chi connectivity index (χ1v) is 6.04. The van der Waals surface area contributed by atoms with Crippen molar-refractivity contribution in [3.8, 4) is 0 Å². The molecule has 0 aromatic carbocycles. The normalized spacial score (nSPS) is 11.3. The van der Waals surface area contributed by atoms with Crippen LogP contribution in [0.1, 0.15) is 24.3 Å². The summed E-state index contributed by atoms with van der Waals surface area (Å²) in [5.74, 6) is -1.62. The summed E-state index contributed by atoms with van der Waals surface area (Å²) in [5, 5.41) is 4.97. The molecule has 0 unspecified atom stereocenters. The van der Waals surface area contributed by atoms with E-state index in [1.54, 1.807) is 6.92 Å². The van der Waals surface area contributed by atoms with Crippen molar-refractivity contribution in [2.75, 3.05) is 13.2 Å². The van der Waals surface area contributed by atoms with Gasteiger partial charge in [-0.15, -0.1) is 0 Å². The minimum Gasteiger partial charge on any atom is -0.451 e. The summed E-state index contributed by atoms with van der Waals surface area (Å²) in [4.78, 5) is 41.8. The molecule has 0 fully saturated rings. The van der Waals surface area contributed by atoms with Gasteiger partial charge in [0.1, 0.15) is 6.04 Å². The van der Waals surface area contributed by atoms with Gasteiger partial charge in [0.25, 0.3) is 5.91 Å². The number of carbonyl (C=O) groups excluding carboxylic acids is 3. The summed E-state index contributed by atoms with van der Waals surface area (Å²) in [6.45, 7) is 3.29. The molecule has 2 amide bonds. The maximum Gasteiger partial charge on any atom is 0.359 e. The molecule has 1 heterocycles. The fourth-order valence-electron chi connectivity index (χ4n) is 1.29. The minimum absolute atomic E-state index is 0.0112. The zero-order chi connectivity index (χ0) is 15.0. The summed E-state index contributed by atoms with van der Waals surface area (Å²) < 4.78 is 4.75. The molecule has 0 spiro atoms. The average molecular weight is 280 g/mol. The van der Waals surface area contributed by atoms with Crippen LogP contribution >= 0.6 is 0 Å². The quantitative estimate of drug-likeness (QED) is 0.665. The second-order valence-corrected chi connectivity index (χ2v) is 3.85. The van der Waals surface area contributed by atoms with Crippen LogP contribution in [0.3, 0.4) is 0 Å². The number of amides is 2. The van der Waals surface area contributed by atoms with E-state index < -0.39 is 24.5 Å². The van der Waals surface area contributed by atoms with Crippen molar-refractivity contribution < 1.29 is 19.1 Å². The molecule has 0 aliphatic carbocycles. The molecule has 1 aromatic rings. The van der Waals surface area contributed by atoms with E-state index in [2.05, 4.69) is 20.6 Å². The molecule has 20 heavy (non-hydrogen) atoms. The summed E-state index contributed by atoms with van der Waals surface area (Å²) in [6, 6.07) is -0.697. The largest absolute Gasteiger partial charge is 0.451 e. The maximum absolute atomic E-state index is 11.5. The predicted octanol–water partition coefficient (Wildman–Crippen LogP) is -0.726. The molecule has 0 saturated heterocycles. The van der Waals surface area contributed by atoms with E-state index in [-0.39, 0.29) is 11.6 Å². The topological polar surface area (TPSA) is 110 Å². The molecule has 0 aliphatic rings. The Kier molecular flexibility index (Phi) is 6.08. The van der Waals surface area contributed by atoms with Crippen LogP contribution in [0.25, 0.3) is 0 Å². The first-order valence-electron chi connectivity index (χ1n) is 6.04. The van der Waals surface area contributed by atoms with Gasteiger partial charge in [-0.3, -0.25) is 14.6 Å². The highest BCUT2D eigenvalue weighted by Gasteiger charge is 2.16. The fourth-order valence-corrected chi connectivity index (χ4v) is 1.29. The van der Waals surface area contributed by atoms with E-state index >= 15 is 0 Å². The Morgan fingerprint density at radius 1 is 1.35 bits per heavy atom. The van der Waals surface area contributed by atoms with E-state index in [4.69, 9.17) is 4.74 Å². The fraction of sp³-hybridized carbons (Fsp3) is 0.417. The van der Waals surface area contributed by atoms with Crippen LogP contribution < -0.4 is 10.6 Å². The molecule has 0 aliphatic heterocycles. The SMILES string of the molecule is CCNC(=O)[C@H](C)NC(=O)COC(=O)c1cnccn1. The van der Waals surface area contributed by atoms with E-state index in [9.17, 15) is 14.4 Å². The third-order valence-corrected chi connectivity index (χ3v) is 2.23. The standard InChI is InChI=1S/C12H16N4O4/c1-3-14-11(18)8(2)16-10(17)7-20-12(19)9-6-13-4-5-15-9/h4-6,8H,3,7H2,1-2H3,(H,14,18)(H,16,17)/t8-/m0/s1. The van der Waals surface area contributed by atoms with E-state index in [1.807, 2.05) is 0 Å². The van der Waals surface area contributed by atoms with Gasteiger partial charge in [0, 0.05) is 18.9 Å². The molecule has 0 bridgehead atoms. The van der Waals surface area contributed by atoms with Crippen molar-refractivity contribution in [3.63, 3.8) is 0 Å². The van der Waals surface area contributed by atoms with Crippen molar-refractivity contribution in [1.82, 2.24) is 20.6 Å². The van der Waals surface area contributed by atoms with Crippen LogP contribution in [0, 0.1) is 0 Å². The zero-order valence-corrected chi connectivity index (χ0v) is 11.3. The summed E-state index contributed by atoms with van der Waals surface area (Å²) in [6.07, 6.45) is 3.99. The van der Waals surface area contributed by atoms with Gasteiger partial charge in [-0.1, -0.05) is 0 Å². The number of nitrogens with one attached hydrogen (secondary N) is 2. The number of hydrogen-bond acceptors (Lipinski definition) is 6. The molecule has 1 atom stereocenters. The van der Waals surface area contributed by atoms with Crippen LogP contribution in [0.4, 0.5) is 0 Å². The number of carbonyl (C=O) groups is 3.